The zero-order chi connectivity index (χ0) is 18.6. The fourth-order valence-corrected chi connectivity index (χ4v) is 3.09. The summed E-state index contributed by atoms with van der Waals surface area (Å²) < 4.78 is 0. The van der Waals surface area contributed by atoms with Crippen LogP contribution in [0.5, 0.6) is 0 Å². The van der Waals surface area contributed by atoms with Gasteiger partial charge in [0.05, 0.1) is 19.1 Å². The number of nitrogens with one attached hydrogen (secondary N) is 4. The zero-order valence-corrected chi connectivity index (χ0v) is 15.6. The number of benzene rings is 1. The smallest absolute Gasteiger partial charge is 0.238 e. The first-order chi connectivity index (χ1) is 11.8. The second kappa shape index (κ2) is 8.42. The summed E-state index contributed by atoms with van der Waals surface area (Å²) in [5.41, 5.74) is 9.11. The van der Waals surface area contributed by atoms with E-state index in [0.717, 1.165) is 16.8 Å². The fourth-order valence-electron chi connectivity index (χ4n) is 3.09. The summed E-state index contributed by atoms with van der Waals surface area (Å²) in [4.78, 5) is 26.2. The summed E-state index contributed by atoms with van der Waals surface area (Å²) in [5.74, 6) is -0.213. The van der Waals surface area contributed by atoms with E-state index in [1.807, 2.05) is 45.9 Å². The van der Waals surface area contributed by atoms with Crippen LogP contribution in [0.15, 0.2) is 18.2 Å². The maximum Gasteiger partial charge on any atom is 0.238 e. The van der Waals surface area contributed by atoms with Gasteiger partial charge in [-0.3, -0.25) is 25.3 Å². The van der Waals surface area contributed by atoms with Crippen LogP contribution in [0.25, 0.3) is 0 Å². The lowest BCUT2D eigenvalue weighted by atomic mass is 10.1. The molecule has 0 aliphatic carbocycles. The van der Waals surface area contributed by atoms with E-state index >= 15 is 0 Å². The highest BCUT2D eigenvalue weighted by atomic mass is 16.2. The number of rotatable bonds is 6. The van der Waals surface area contributed by atoms with Crippen LogP contribution in [0.4, 0.5) is 5.69 Å². The minimum absolute atomic E-state index is 0.0318. The molecule has 2 rings (SSSR count). The second-order valence-corrected chi connectivity index (χ2v) is 6.95. The zero-order valence-electron chi connectivity index (χ0n) is 15.6. The van der Waals surface area contributed by atoms with Crippen molar-refractivity contribution in [2.45, 2.75) is 45.8 Å². The Morgan fingerprint density at radius 2 is 1.56 bits per heavy atom. The Balaban J connectivity index is 1.82. The van der Waals surface area contributed by atoms with Crippen molar-refractivity contribution in [3.8, 4) is 0 Å². The lowest BCUT2D eigenvalue weighted by Crippen LogP contribution is -2.49. The van der Waals surface area contributed by atoms with E-state index in [0.29, 0.717) is 0 Å². The van der Waals surface area contributed by atoms with Gasteiger partial charge in [0.1, 0.15) is 0 Å². The molecule has 0 aromatic heterocycles. The van der Waals surface area contributed by atoms with E-state index < -0.39 is 0 Å². The standard InChI is InChI=1S/C18H29N5O2/c1-11-7-6-8-12(2)17(11)19-15(24)9-23(5)10-16(25)20-18-13(3)21-22-14(18)4/h6-8,13-14,18,21-22H,9-10H2,1-5H3,(H,19,24)(H,20,25). The largest absolute Gasteiger partial charge is 0.349 e. The van der Waals surface area contributed by atoms with Crippen LogP contribution in [-0.2, 0) is 9.59 Å². The van der Waals surface area contributed by atoms with Crippen LogP contribution in [-0.4, -0.2) is 55.0 Å². The van der Waals surface area contributed by atoms with E-state index in [-0.39, 0.29) is 43.0 Å². The lowest BCUT2D eigenvalue weighted by Gasteiger charge is -2.22. The topological polar surface area (TPSA) is 85.5 Å². The van der Waals surface area contributed by atoms with Crippen molar-refractivity contribution in [2.24, 2.45) is 0 Å². The number of nitrogens with zero attached hydrogens (tertiary/aromatic N) is 1. The van der Waals surface area contributed by atoms with Crippen molar-refractivity contribution in [1.29, 1.82) is 0 Å². The molecule has 2 amide bonds. The molecule has 0 radical (unpaired) electrons. The highest BCUT2D eigenvalue weighted by Crippen LogP contribution is 2.19. The minimum Gasteiger partial charge on any atom is -0.349 e. The Labute approximate surface area is 149 Å². The molecule has 25 heavy (non-hydrogen) atoms. The molecule has 1 aliphatic heterocycles. The average Bonchev–Trinajstić information content (AvgIpc) is 2.82. The molecule has 1 heterocycles. The normalized spacial score (nSPS) is 22.9. The molecule has 1 fully saturated rings. The molecular weight excluding hydrogens is 318 g/mol. The Hall–Kier alpha value is -1.96. The second-order valence-electron chi connectivity index (χ2n) is 6.95. The Kier molecular flexibility index (Phi) is 6.52. The maximum atomic E-state index is 12.3. The van der Waals surface area contributed by atoms with Crippen LogP contribution < -0.4 is 21.5 Å². The number of hydrogen-bond donors (Lipinski definition) is 4. The molecular formula is C18H29N5O2. The first-order valence-corrected chi connectivity index (χ1v) is 8.63. The SMILES string of the molecule is Cc1cccc(C)c1NC(=O)CN(C)CC(=O)NC1C(C)NNC1C. The molecule has 1 aromatic rings. The van der Waals surface area contributed by atoms with Gasteiger partial charge in [-0.25, -0.2) is 0 Å². The van der Waals surface area contributed by atoms with Crippen LogP contribution in [0.2, 0.25) is 0 Å². The Morgan fingerprint density at radius 3 is 2.12 bits per heavy atom. The monoisotopic (exact) mass is 347 g/mol. The van der Waals surface area contributed by atoms with Gasteiger partial charge in [0.2, 0.25) is 11.8 Å². The van der Waals surface area contributed by atoms with Crippen LogP contribution >= 0.6 is 0 Å². The third kappa shape index (κ3) is 5.26. The van der Waals surface area contributed by atoms with E-state index in [4.69, 9.17) is 0 Å². The molecule has 1 saturated heterocycles. The molecule has 0 saturated carbocycles. The molecule has 7 nitrogen and oxygen atoms in total. The third-order valence-electron chi connectivity index (χ3n) is 4.52. The highest BCUT2D eigenvalue weighted by molar-refractivity contribution is 5.94. The van der Waals surface area contributed by atoms with Gasteiger partial charge < -0.3 is 10.6 Å². The predicted octanol–water partition coefficient (Wildman–Crippen LogP) is 0.543. The van der Waals surface area contributed by atoms with E-state index in [1.54, 1.807) is 11.9 Å². The van der Waals surface area contributed by atoms with Crippen molar-refractivity contribution in [1.82, 2.24) is 21.1 Å². The van der Waals surface area contributed by atoms with Gasteiger partial charge in [-0.2, -0.15) is 0 Å². The number of hydrazine groups is 1. The maximum absolute atomic E-state index is 12.3. The van der Waals surface area contributed by atoms with Crippen LogP contribution in [0.1, 0.15) is 25.0 Å². The lowest BCUT2D eigenvalue weighted by molar-refractivity contribution is -0.123. The minimum atomic E-state index is -0.126. The van der Waals surface area contributed by atoms with Gasteiger partial charge in [0, 0.05) is 17.8 Å². The first kappa shape index (κ1) is 19.4. The van der Waals surface area contributed by atoms with Crippen LogP contribution in [0.3, 0.4) is 0 Å². The fraction of sp³-hybridized carbons (Fsp3) is 0.556. The number of aryl methyl sites for hydroxylation is 2. The van der Waals surface area contributed by atoms with Crippen molar-refractivity contribution in [3.63, 3.8) is 0 Å². The number of likely N-dealkylation sites (N-methyl/N-ethyl adjacent to an activating group) is 1. The number of carbonyl (C=O) groups is 2. The number of hydrogen-bond acceptors (Lipinski definition) is 5. The quantitative estimate of drug-likeness (QED) is 0.604. The van der Waals surface area contributed by atoms with Gasteiger partial charge in [-0.15, -0.1) is 0 Å². The molecule has 138 valence electrons. The summed E-state index contributed by atoms with van der Waals surface area (Å²) >= 11 is 0. The van der Waals surface area contributed by atoms with E-state index in [9.17, 15) is 9.59 Å². The summed E-state index contributed by atoms with van der Waals surface area (Å²) in [5, 5.41) is 5.95. The summed E-state index contributed by atoms with van der Waals surface area (Å²) in [6.07, 6.45) is 0. The number of anilines is 1. The van der Waals surface area contributed by atoms with Crippen molar-refractivity contribution in [3.05, 3.63) is 29.3 Å². The van der Waals surface area contributed by atoms with Crippen molar-refractivity contribution in [2.75, 3.05) is 25.5 Å². The number of amides is 2. The third-order valence-corrected chi connectivity index (χ3v) is 4.52. The average molecular weight is 347 g/mol. The first-order valence-electron chi connectivity index (χ1n) is 8.63. The highest BCUT2D eigenvalue weighted by Gasteiger charge is 2.31. The molecule has 0 spiro atoms. The Morgan fingerprint density at radius 1 is 1.04 bits per heavy atom. The van der Waals surface area contributed by atoms with E-state index in [1.165, 1.54) is 0 Å². The Bertz CT molecular complexity index is 604. The molecule has 7 heteroatoms. The van der Waals surface area contributed by atoms with Crippen LogP contribution in [0, 0.1) is 13.8 Å². The molecule has 1 aliphatic rings. The van der Waals surface area contributed by atoms with Crippen molar-refractivity contribution < 1.29 is 9.59 Å². The van der Waals surface area contributed by atoms with E-state index in [2.05, 4.69) is 21.5 Å². The number of para-hydroxylation sites is 1. The summed E-state index contributed by atoms with van der Waals surface area (Å²) in [7, 11) is 1.77. The van der Waals surface area contributed by atoms with Gasteiger partial charge in [0.25, 0.3) is 0 Å². The molecule has 2 atom stereocenters. The van der Waals surface area contributed by atoms with Gasteiger partial charge >= 0.3 is 0 Å². The van der Waals surface area contributed by atoms with Gasteiger partial charge in [-0.05, 0) is 45.9 Å². The molecule has 2 unspecified atom stereocenters. The number of carbonyl (C=O) groups excluding carboxylic acids is 2. The molecule has 1 aromatic carbocycles. The predicted molar refractivity (Wildman–Crippen MR) is 99.2 cm³/mol. The summed E-state index contributed by atoms with van der Waals surface area (Å²) in [6, 6.07) is 6.25. The molecule has 4 N–H and O–H groups in total. The molecule has 0 bridgehead atoms. The summed E-state index contributed by atoms with van der Waals surface area (Å²) in [6.45, 7) is 8.30. The van der Waals surface area contributed by atoms with Gasteiger partial charge in [-0.1, -0.05) is 18.2 Å². The van der Waals surface area contributed by atoms with Crippen molar-refractivity contribution >= 4 is 17.5 Å². The van der Waals surface area contributed by atoms with Gasteiger partial charge in [0.15, 0.2) is 0 Å².